The number of nitrogens with zero attached hydrogens (tertiary/aromatic N) is 3. The number of aryl methyl sites for hydroxylation is 1. The average molecular weight is 412 g/mol. The van der Waals surface area contributed by atoms with Crippen molar-refractivity contribution in [1.29, 1.82) is 0 Å². The fourth-order valence-corrected chi connectivity index (χ4v) is 3.13. The first kappa shape index (κ1) is 20.0. The second-order valence-corrected chi connectivity index (χ2v) is 6.71. The predicted octanol–water partition coefficient (Wildman–Crippen LogP) is 3.64. The molecule has 0 fully saturated rings. The monoisotopic (exact) mass is 412 g/mol. The van der Waals surface area contributed by atoms with Crippen molar-refractivity contribution in [3.63, 3.8) is 0 Å². The van der Waals surface area contributed by atoms with Crippen LogP contribution in [0.3, 0.4) is 0 Å². The fourth-order valence-electron chi connectivity index (χ4n) is 3.13. The fraction of sp³-hybridized carbons (Fsp3) is 0.125. The van der Waals surface area contributed by atoms with Gasteiger partial charge in [0, 0.05) is 18.3 Å². The number of rotatable bonds is 4. The lowest BCUT2D eigenvalue weighted by Crippen LogP contribution is -2.15. The van der Waals surface area contributed by atoms with E-state index in [4.69, 9.17) is 9.47 Å². The largest absolute Gasteiger partial charge is 0.497 e. The van der Waals surface area contributed by atoms with Gasteiger partial charge < -0.3 is 19.4 Å². The molecule has 0 atom stereocenters. The van der Waals surface area contributed by atoms with Crippen molar-refractivity contribution in [2.75, 3.05) is 19.5 Å². The normalized spacial score (nSPS) is 10.3. The molecular weight excluding hydrogens is 392 g/mol. The number of amides is 1. The number of aromatic nitrogens is 3. The molecule has 0 aliphatic carbocycles. The Hall–Kier alpha value is -4.31. The van der Waals surface area contributed by atoms with Crippen LogP contribution < -0.4 is 14.8 Å². The van der Waals surface area contributed by atoms with Gasteiger partial charge in [-0.3, -0.25) is 4.79 Å². The molecule has 7 heteroatoms. The molecule has 0 saturated carbocycles. The van der Waals surface area contributed by atoms with E-state index < -0.39 is 0 Å². The maximum Gasteiger partial charge on any atom is 0.272 e. The maximum atomic E-state index is 12.9. The molecule has 0 radical (unpaired) electrons. The second-order valence-electron chi connectivity index (χ2n) is 6.71. The van der Waals surface area contributed by atoms with Crippen molar-refractivity contribution in [3.8, 4) is 23.3 Å². The van der Waals surface area contributed by atoms with Gasteiger partial charge in [-0.05, 0) is 60.5 Å². The highest BCUT2D eigenvalue weighted by Gasteiger charge is 2.16. The van der Waals surface area contributed by atoms with Crippen molar-refractivity contribution in [2.24, 2.45) is 7.05 Å². The van der Waals surface area contributed by atoms with E-state index >= 15 is 0 Å². The van der Waals surface area contributed by atoms with Crippen LogP contribution in [0.2, 0.25) is 0 Å². The first-order valence-corrected chi connectivity index (χ1v) is 9.51. The van der Waals surface area contributed by atoms with Gasteiger partial charge >= 0.3 is 0 Å². The van der Waals surface area contributed by atoms with Crippen LogP contribution in [-0.4, -0.2) is 34.7 Å². The summed E-state index contributed by atoms with van der Waals surface area (Å²) >= 11 is 0. The van der Waals surface area contributed by atoms with Gasteiger partial charge in [0.1, 0.15) is 34.9 Å². The number of hydrogen-bond acceptors (Lipinski definition) is 5. The minimum absolute atomic E-state index is 0.250. The molecule has 2 aromatic carbocycles. The molecule has 0 bridgehead atoms. The Kier molecular flexibility index (Phi) is 5.54. The van der Waals surface area contributed by atoms with Gasteiger partial charge in [-0.1, -0.05) is 5.92 Å². The zero-order chi connectivity index (χ0) is 21.8. The van der Waals surface area contributed by atoms with E-state index in [-0.39, 0.29) is 5.91 Å². The lowest BCUT2D eigenvalue weighted by atomic mass is 10.2. The first-order valence-electron chi connectivity index (χ1n) is 9.51. The Morgan fingerprint density at radius 2 is 1.58 bits per heavy atom. The number of methoxy groups -OCH3 is 2. The van der Waals surface area contributed by atoms with Gasteiger partial charge in [0.15, 0.2) is 0 Å². The molecular formula is C24H20N4O3. The quantitative estimate of drug-likeness (QED) is 0.518. The summed E-state index contributed by atoms with van der Waals surface area (Å²) in [5.41, 5.74) is 3.15. The van der Waals surface area contributed by atoms with E-state index in [1.807, 2.05) is 24.3 Å². The van der Waals surface area contributed by atoms with Gasteiger partial charge in [0.2, 0.25) is 0 Å². The zero-order valence-corrected chi connectivity index (χ0v) is 17.3. The number of benzene rings is 2. The van der Waals surface area contributed by atoms with Crippen LogP contribution in [-0.2, 0) is 7.05 Å². The molecule has 31 heavy (non-hydrogen) atoms. The highest BCUT2D eigenvalue weighted by molar-refractivity contribution is 6.06. The average Bonchev–Trinajstić information content (AvgIpc) is 3.16. The molecule has 0 aliphatic heterocycles. The molecule has 1 N–H and O–H groups in total. The molecule has 0 saturated heterocycles. The Bertz CT molecular complexity index is 1300. The molecule has 4 rings (SSSR count). The van der Waals surface area contributed by atoms with Crippen LogP contribution in [0.4, 0.5) is 5.69 Å². The van der Waals surface area contributed by atoms with Crippen LogP contribution in [0.5, 0.6) is 11.5 Å². The summed E-state index contributed by atoms with van der Waals surface area (Å²) in [6.07, 6.45) is 1.45. The Labute approximate surface area is 179 Å². The van der Waals surface area contributed by atoms with E-state index in [2.05, 4.69) is 27.1 Å². The number of hydrogen-bond donors (Lipinski definition) is 1. The van der Waals surface area contributed by atoms with Crippen molar-refractivity contribution in [1.82, 2.24) is 14.5 Å². The zero-order valence-electron chi connectivity index (χ0n) is 17.3. The third-order valence-corrected chi connectivity index (χ3v) is 4.82. The molecule has 2 aromatic heterocycles. The molecule has 0 spiro atoms. The van der Waals surface area contributed by atoms with E-state index in [1.165, 1.54) is 6.33 Å². The SMILES string of the molecule is COc1ccc(C#Cc2ncnc3c2cc(C(=O)Nc2ccc(OC)cc2)n3C)cc1. The minimum atomic E-state index is -0.250. The highest BCUT2D eigenvalue weighted by atomic mass is 16.5. The minimum Gasteiger partial charge on any atom is -0.497 e. The molecule has 4 aromatic rings. The summed E-state index contributed by atoms with van der Waals surface area (Å²) in [4.78, 5) is 21.5. The van der Waals surface area contributed by atoms with E-state index in [0.29, 0.717) is 28.1 Å². The number of carbonyl (C=O) groups excluding carboxylic acids is 1. The van der Waals surface area contributed by atoms with E-state index in [1.54, 1.807) is 56.2 Å². The van der Waals surface area contributed by atoms with Crippen molar-refractivity contribution in [3.05, 3.63) is 77.9 Å². The third kappa shape index (κ3) is 4.19. The molecule has 0 unspecified atom stereocenters. The van der Waals surface area contributed by atoms with Crippen LogP contribution in [0, 0.1) is 11.8 Å². The maximum absolute atomic E-state index is 12.9. The standard InChI is InChI=1S/C24H20N4O3/c1-28-22(24(29)27-17-7-11-19(31-3)12-8-17)14-20-21(25-15-26-23(20)28)13-6-16-4-9-18(30-2)10-5-16/h4-5,7-12,14-15H,1-3H3,(H,27,29). The number of fused-ring (bicyclic) bond motifs is 1. The van der Waals surface area contributed by atoms with Crippen molar-refractivity contribution < 1.29 is 14.3 Å². The molecule has 7 nitrogen and oxygen atoms in total. The number of ether oxygens (including phenoxy) is 2. The van der Waals surface area contributed by atoms with Crippen LogP contribution in [0.25, 0.3) is 11.0 Å². The summed E-state index contributed by atoms with van der Waals surface area (Å²) in [5, 5.41) is 3.60. The van der Waals surface area contributed by atoms with Gasteiger partial charge in [-0.15, -0.1) is 0 Å². The van der Waals surface area contributed by atoms with Gasteiger partial charge in [-0.25, -0.2) is 9.97 Å². The van der Waals surface area contributed by atoms with Crippen molar-refractivity contribution >= 4 is 22.6 Å². The first-order chi connectivity index (χ1) is 15.1. The smallest absolute Gasteiger partial charge is 0.272 e. The number of nitrogens with one attached hydrogen (secondary N) is 1. The summed E-state index contributed by atoms with van der Waals surface area (Å²) in [7, 11) is 5.01. The van der Waals surface area contributed by atoms with Gasteiger partial charge in [-0.2, -0.15) is 0 Å². The summed E-state index contributed by atoms with van der Waals surface area (Å²) < 4.78 is 12.0. The lowest BCUT2D eigenvalue weighted by molar-refractivity contribution is 0.101. The summed E-state index contributed by atoms with van der Waals surface area (Å²) in [6.45, 7) is 0. The molecule has 0 aliphatic rings. The predicted molar refractivity (Wildman–Crippen MR) is 118 cm³/mol. The molecule has 1 amide bonds. The molecule has 2 heterocycles. The van der Waals surface area contributed by atoms with Gasteiger partial charge in [0.05, 0.1) is 19.6 Å². The topological polar surface area (TPSA) is 78.3 Å². The summed E-state index contributed by atoms with van der Waals surface area (Å²) in [6, 6.07) is 16.4. The van der Waals surface area contributed by atoms with Crippen molar-refractivity contribution in [2.45, 2.75) is 0 Å². The van der Waals surface area contributed by atoms with E-state index in [0.717, 1.165) is 17.1 Å². The van der Waals surface area contributed by atoms with E-state index in [9.17, 15) is 4.79 Å². The lowest BCUT2D eigenvalue weighted by Gasteiger charge is -2.07. The third-order valence-electron chi connectivity index (χ3n) is 4.82. The van der Waals surface area contributed by atoms with Crippen LogP contribution >= 0.6 is 0 Å². The molecule has 154 valence electrons. The second kappa shape index (κ2) is 8.59. The Morgan fingerprint density at radius 1 is 0.935 bits per heavy atom. The van der Waals surface area contributed by atoms with Crippen LogP contribution in [0.15, 0.2) is 60.9 Å². The van der Waals surface area contributed by atoms with Crippen LogP contribution in [0.1, 0.15) is 21.7 Å². The Morgan fingerprint density at radius 3 is 2.23 bits per heavy atom. The summed E-state index contributed by atoms with van der Waals surface area (Å²) in [5.74, 6) is 7.42. The Balaban J connectivity index is 1.63. The van der Waals surface area contributed by atoms with Gasteiger partial charge in [0.25, 0.3) is 5.91 Å². The number of carbonyl (C=O) groups is 1. The number of anilines is 1. The highest BCUT2D eigenvalue weighted by Crippen LogP contribution is 2.21.